The minimum atomic E-state index is 0.621. The largest absolute Gasteiger partial charge is 0.312 e. The molecule has 76 valence electrons. The molecule has 0 radical (unpaired) electrons. The molecule has 0 amide bonds. The Morgan fingerprint density at radius 3 is 2.54 bits per heavy atom. The minimum Gasteiger partial charge on any atom is -0.312 e. The highest BCUT2D eigenvalue weighted by atomic mass is 15.1. The summed E-state index contributed by atoms with van der Waals surface area (Å²) in [6.07, 6.45) is 4.56. The van der Waals surface area contributed by atoms with Crippen LogP contribution in [-0.4, -0.2) is 36.6 Å². The molecule has 0 unspecified atom stereocenters. The fourth-order valence-electron chi connectivity index (χ4n) is 1.94. The highest BCUT2D eigenvalue weighted by Crippen LogP contribution is 2.10. The maximum absolute atomic E-state index is 3.76. The van der Waals surface area contributed by atoms with E-state index in [-0.39, 0.29) is 0 Å². The van der Waals surface area contributed by atoms with Crippen LogP contribution in [0.4, 0.5) is 0 Å². The molecule has 0 spiro atoms. The van der Waals surface area contributed by atoms with Crippen LogP contribution in [0.3, 0.4) is 0 Å². The third-order valence-electron chi connectivity index (χ3n) is 2.54. The first-order valence-electron chi connectivity index (χ1n) is 5.31. The van der Waals surface area contributed by atoms with Crippen molar-refractivity contribution in [3.63, 3.8) is 0 Å². The number of piperidine rings is 1. The molecule has 0 bridgehead atoms. The van der Waals surface area contributed by atoms with Crippen LogP contribution in [0, 0.1) is 0 Å². The second-order valence-corrected chi connectivity index (χ2v) is 4.18. The fourth-order valence-corrected chi connectivity index (χ4v) is 1.94. The lowest BCUT2D eigenvalue weighted by Gasteiger charge is -2.32. The predicted octanol–water partition coefficient (Wildman–Crippen LogP) is 1.63. The van der Waals surface area contributed by atoms with Crippen molar-refractivity contribution in [2.24, 2.45) is 0 Å². The number of nitrogens with one attached hydrogen (secondary N) is 1. The molecule has 0 aromatic rings. The van der Waals surface area contributed by atoms with Crippen LogP contribution < -0.4 is 5.32 Å². The van der Waals surface area contributed by atoms with Gasteiger partial charge in [0.2, 0.25) is 0 Å². The van der Waals surface area contributed by atoms with Crippen molar-refractivity contribution in [1.29, 1.82) is 0 Å². The third kappa shape index (κ3) is 3.92. The number of hydrogen-bond acceptors (Lipinski definition) is 2. The van der Waals surface area contributed by atoms with Crippen LogP contribution in [0.1, 0.15) is 26.7 Å². The van der Waals surface area contributed by atoms with E-state index in [1.165, 1.54) is 25.9 Å². The summed E-state index contributed by atoms with van der Waals surface area (Å²) in [5, 5.41) is 3.59. The molecule has 1 fully saturated rings. The zero-order valence-corrected chi connectivity index (χ0v) is 8.92. The summed E-state index contributed by atoms with van der Waals surface area (Å²) in [5.74, 6) is 0. The molecule has 0 aliphatic carbocycles. The average Bonchev–Trinajstić information content (AvgIpc) is 2.08. The van der Waals surface area contributed by atoms with Gasteiger partial charge in [0.05, 0.1) is 0 Å². The Bertz CT molecular complexity index is 146. The van der Waals surface area contributed by atoms with Gasteiger partial charge in [-0.3, -0.25) is 4.90 Å². The number of rotatable bonds is 4. The molecule has 1 rings (SSSR count). The van der Waals surface area contributed by atoms with Gasteiger partial charge in [-0.15, -0.1) is 6.58 Å². The second kappa shape index (κ2) is 5.40. The van der Waals surface area contributed by atoms with E-state index in [0.29, 0.717) is 6.04 Å². The van der Waals surface area contributed by atoms with Crippen molar-refractivity contribution in [3.05, 3.63) is 12.7 Å². The van der Waals surface area contributed by atoms with Gasteiger partial charge in [-0.25, -0.2) is 0 Å². The third-order valence-corrected chi connectivity index (χ3v) is 2.54. The summed E-state index contributed by atoms with van der Waals surface area (Å²) >= 11 is 0. The van der Waals surface area contributed by atoms with E-state index >= 15 is 0 Å². The van der Waals surface area contributed by atoms with Crippen molar-refractivity contribution in [3.8, 4) is 0 Å². The molecule has 1 aliphatic rings. The molecule has 2 nitrogen and oxygen atoms in total. The molecule has 1 heterocycles. The van der Waals surface area contributed by atoms with Crippen LogP contribution in [0.2, 0.25) is 0 Å². The van der Waals surface area contributed by atoms with Gasteiger partial charge in [-0.1, -0.05) is 19.9 Å². The second-order valence-electron chi connectivity index (χ2n) is 4.18. The normalized spacial score (nSPS) is 20.8. The van der Waals surface area contributed by atoms with Gasteiger partial charge < -0.3 is 5.32 Å². The Morgan fingerprint density at radius 2 is 2.08 bits per heavy atom. The fraction of sp³-hybridized carbons (Fsp3) is 0.818. The van der Waals surface area contributed by atoms with Crippen molar-refractivity contribution < 1.29 is 0 Å². The van der Waals surface area contributed by atoms with Crippen molar-refractivity contribution in [1.82, 2.24) is 10.2 Å². The Morgan fingerprint density at radius 1 is 1.46 bits per heavy atom. The Balaban J connectivity index is 2.18. The first-order valence-corrected chi connectivity index (χ1v) is 5.31. The molecule has 0 aromatic heterocycles. The van der Waals surface area contributed by atoms with E-state index in [9.17, 15) is 0 Å². The van der Waals surface area contributed by atoms with Crippen LogP contribution in [-0.2, 0) is 0 Å². The summed E-state index contributed by atoms with van der Waals surface area (Å²) in [7, 11) is 0. The van der Waals surface area contributed by atoms with Gasteiger partial charge in [0, 0.05) is 18.6 Å². The molecule has 1 N–H and O–H groups in total. The Labute approximate surface area is 82.0 Å². The van der Waals surface area contributed by atoms with Crippen LogP contribution in [0.25, 0.3) is 0 Å². The molecular weight excluding hydrogens is 160 g/mol. The predicted molar refractivity (Wildman–Crippen MR) is 57.9 cm³/mol. The monoisotopic (exact) mass is 182 g/mol. The minimum absolute atomic E-state index is 0.621. The molecule has 13 heavy (non-hydrogen) atoms. The molecule has 0 atom stereocenters. The molecule has 2 heteroatoms. The number of nitrogens with zero attached hydrogens (tertiary/aromatic N) is 1. The van der Waals surface area contributed by atoms with E-state index in [0.717, 1.165) is 12.6 Å². The number of likely N-dealkylation sites (tertiary alicyclic amines) is 1. The highest BCUT2D eigenvalue weighted by molar-refractivity contribution is 4.82. The van der Waals surface area contributed by atoms with Gasteiger partial charge in [-0.2, -0.15) is 0 Å². The van der Waals surface area contributed by atoms with E-state index in [4.69, 9.17) is 0 Å². The molecule has 0 saturated carbocycles. The van der Waals surface area contributed by atoms with Crippen LogP contribution >= 0.6 is 0 Å². The summed E-state index contributed by atoms with van der Waals surface area (Å²) < 4.78 is 0. The number of hydrogen-bond donors (Lipinski definition) is 1. The average molecular weight is 182 g/mol. The first kappa shape index (κ1) is 10.7. The lowest BCUT2D eigenvalue weighted by atomic mass is 10.0. The molecular formula is C11H22N2. The van der Waals surface area contributed by atoms with Crippen LogP contribution in [0.5, 0.6) is 0 Å². The van der Waals surface area contributed by atoms with E-state index in [1.807, 2.05) is 6.08 Å². The van der Waals surface area contributed by atoms with Gasteiger partial charge in [0.1, 0.15) is 0 Å². The Kier molecular flexibility index (Phi) is 4.46. The van der Waals surface area contributed by atoms with Crippen molar-refractivity contribution in [2.75, 3.05) is 19.6 Å². The first-order chi connectivity index (χ1) is 6.22. The molecule has 1 aliphatic heterocycles. The van der Waals surface area contributed by atoms with E-state index < -0.39 is 0 Å². The summed E-state index contributed by atoms with van der Waals surface area (Å²) in [6, 6.07) is 1.36. The van der Waals surface area contributed by atoms with Gasteiger partial charge in [0.25, 0.3) is 0 Å². The van der Waals surface area contributed by atoms with E-state index in [1.54, 1.807) is 0 Å². The lowest BCUT2D eigenvalue weighted by Crippen LogP contribution is -2.44. The quantitative estimate of drug-likeness (QED) is 0.665. The highest BCUT2D eigenvalue weighted by Gasteiger charge is 2.17. The van der Waals surface area contributed by atoms with Crippen LogP contribution in [0.15, 0.2) is 12.7 Å². The standard InChI is InChI=1S/C11H22N2/c1-4-7-13-8-5-11(6-9-13)12-10(2)3/h4,10-12H,1,5-9H2,2-3H3. The molecule has 1 saturated heterocycles. The zero-order valence-electron chi connectivity index (χ0n) is 8.92. The van der Waals surface area contributed by atoms with Crippen molar-refractivity contribution in [2.45, 2.75) is 38.8 Å². The maximum atomic E-state index is 3.76. The summed E-state index contributed by atoms with van der Waals surface area (Å²) in [6.45, 7) is 11.7. The van der Waals surface area contributed by atoms with E-state index in [2.05, 4.69) is 30.6 Å². The SMILES string of the molecule is C=CCN1CCC(NC(C)C)CC1. The van der Waals surface area contributed by atoms with Gasteiger partial charge in [-0.05, 0) is 25.9 Å². The topological polar surface area (TPSA) is 15.3 Å². The zero-order chi connectivity index (χ0) is 9.68. The van der Waals surface area contributed by atoms with Gasteiger partial charge in [0.15, 0.2) is 0 Å². The molecule has 0 aromatic carbocycles. The summed E-state index contributed by atoms with van der Waals surface area (Å²) in [5.41, 5.74) is 0. The maximum Gasteiger partial charge on any atom is 0.0160 e. The summed E-state index contributed by atoms with van der Waals surface area (Å²) in [4.78, 5) is 2.46. The van der Waals surface area contributed by atoms with Gasteiger partial charge >= 0.3 is 0 Å². The smallest absolute Gasteiger partial charge is 0.0160 e. The lowest BCUT2D eigenvalue weighted by molar-refractivity contribution is 0.210. The Hall–Kier alpha value is -0.340. The van der Waals surface area contributed by atoms with Crippen molar-refractivity contribution >= 4 is 0 Å².